The lowest BCUT2D eigenvalue weighted by atomic mass is 9.92. The molecular formula is C17H30N4O. The third-order valence-corrected chi connectivity index (χ3v) is 4.65. The van der Waals surface area contributed by atoms with E-state index in [2.05, 4.69) is 41.0 Å². The van der Waals surface area contributed by atoms with E-state index in [1.807, 2.05) is 13.1 Å². The van der Waals surface area contributed by atoms with Crippen LogP contribution in [0.1, 0.15) is 64.0 Å². The van der Waals surface area contributed by atoms with Crippen LogP contribution in [0.25, 0.3) is 0 Å². The maximum atomic E-state index is 12.3. The van der Waals surface area contributed by atoms with Gasteiger partial charge in [0.2, 0.25) is 5.91 Å². The van der Waals surface area contributed by atoms with Crippen LogP contribution in [0.4, 0.5) is 0 Å². The van der Waals surface area contributed by atoms with Crippen LogP contribution in [0.15, 0.2) is 6.20 Å². The number of aryl methyl sites for hydroxylation is 1. The van der Waals surface area contributed by atoms with E-state index in [9.17, 15) is 4.79 Å². The van der Waals surface area contributed by atoms with Gasteiger partial charge in [-0.2, -0.15) is 0 Å². The zero-order valence-corrected chi connectivity index (χ0v) is 14.4. The van der Waals surface area contributed by atoms with Crippen LogP contribution in [-0.2, 0) is 4.79 Å². The maximum Gasteiger partial charge on any atom is 0.220 e. The molecule has 0 unspecified atom stereocenters. The summed E-state index contributed by atoms with van der Waals surface area (Å²) < 4.78 is 0. The summed E-state index contributed by atoms with van der Waals surface area (Å²) in [5.74, 6) is 1.54. The molecule has 124 valence electrons. The van der Waals surface area contributed by atoms with Crippen LogP contribution in [0, 0.1) is 12.8 Å². The zero-order valence-electron chi connectivity index (χ0n) is 14.4. The molecule has 0 radical (unpaired) electrons. The van der Waals surface area contributed by atoms with Gasteiger partial charge in [0.05, 0.1) is 6.04 Å². The van der Waals surface area contributed by atoms with E-state index in [1.54, 1.807) is 0 Å². The number of nitrogens with zero attached hydrogens (tertiary/aromatic N) is 2. The van der Waals surface area contributed by atoms with E-state index in [0.29, 0.717) is 18.4 Å². The Kier molecular flexibility index (Phi) is 6.00. The van der Waals surface area contributed by atoms with Crippen molar-refractivity contribution in [2.45, 2.75) is 65.5 Å². The first-order valence-corrected chi connectivity index (χ1v) is 8.54. The summed E-state index contributed by atoms with van der Waals surface area (Å²) in [4.78, 5) is 22.4. The molecule has 0 saturated carbocycles. The van der Waals surface area contributed by atoms with Gasteiger partial charge in [-0.05, 0) is 59.0 Å². The van der Waals surface area contributed by atoms with Crippen molar-refractivity contribution in [3.05, 3.63) is 17.7 Å². The highest BCUT2D eigenvalue weighted by Crippen LogP contribution is 2.22. The molecule has 1 aliphatic heterocycles. The van der Waals surface area contributed by atoms with Crippen molar-refractivity contribution < 1.29 is 4.79 Å². The highest BCUT2D eigenvalue weighted by molar-refractivity contribution is 5.76. The van der Waals surface area contributed by atoms with Gasteiger partial charge in [-0.1, -0.05) is 6.92 Å². The molecule has 1 amide bonds. The average molecular weight is 306 g/mol. The molecule has 1 aromatic heterocycles. The second-order valence-corrected chi connectivity index (χ2v) is 6.76. The molecule has 5 heteroatoms. The van der Waals surface area contributed by atoms with Gasteiger partial charge in [0.1, 0.15) is 5.82 Å². The average Bonchev–Trinajstić information content (AvgIpc) is 2.91. The summed E-state index contributed by atoms with van der Waals surface area (Å²) in [6, 6.07) is 0.610. The first kappa shape index (κ1) is 17.0. The van der Waals surface area contributed by atoms with Gasteiger partial charge in [0, 0.05) is 24.4 Å². The molecule has 1 saturated heterocycles. The highest BCUT2D eigenvalue weighted by atomic mass is 16.1. The summed E-state index contributed by atoms with van der Waals surface area (Å²) in [5, 5.41) is 3.13. The molecule has 22 heavy (non-hydrogen) atoms. The summed E-state index contributed by atoms with van der Waals surface area (Å²) in [6.07, 6.45) is 5.56. The molecular weight excluding hydrogens is 276 g/mol. The minimum absolute atomic E-state index is 0.00282. The van der Waals surface area contributed by atoms with Crippen molar-refractivity contribution in [2.24, 2.45) is 5.92 Å². The molecule has 1 aliphatic rings. The molecule has 2 heterocycles. The summed E-state index contributed by atoms with van der Waals surface area (Å²) in [5.41, 5.74) is 1.03. The second kappa shape index (κ2) is 7.77. The van der Waals surface area contributed by atoms with Gasteiger partial charge in [0.25, 0.3) is 0 Å². The molecule has 2 N–H and O–H groups in total. The number of hydrogen-bond acceptors (Lipinski definition) is 3. The number of carbonyl (C=O) groups excluding carboxylic acids is 1. The Hall–Kier alpha value is -1.36. The quantitative estimate of drug-likeness (QED) is 0.849. The van der Waals surface area contributed by atoms with Crippen molar-refractivity contribution in [3.8, 4) is 0 Å². The molecule has 2 rings (SSSR count). The van der Waals surface area contributed by atoms with Crippen LogP contribution in [-0.4, -0.2) is 39.9 Å². The smallest absolute Gasteiger partial charge is 0.220 e. The molecule has 0 spiro atoms. The number of aromatic amines is 1. The Labute approximate surface area is 133 Å². The number of nitrogens with one attached hydrogen (secondary N) is 2. The van der Waals surface area contributed by atoms with E-state index in [-0.39, 0.29) is 11.9 Å². The van der Waals surface area contributed by atoms with Crippen molar-refractivity contribution in [1.82, 2.24) is 20.2 Å². The fourth-order valence-corrected chi connectivity index (χ4v) is 3.16. The Morgan fingerprint density at radius 1 is 1.45 bits per heavy atom. The Balaban J connectivity index is 1.80. The predicted octanol–water partition coefficient (Wildman–Crippen LogP) is 2.80. The van der Waals surface area contributed by atoms with E-state index in [0.717, 1.165) is 43.9 Å². The van der Waals surface area contributed by atoms with Crippen molar-refractivity contribution in [3.63, 3.8) is 0 Å². The molecule has 1 aromatic rings. The molecule has 0 bridgehead atoms. The Morgan fingerprint density at radius 3 is 2.64 bits per heavy atom. The number of hydrogen-bond donors (Lipinski definition) is 2. The summed E-state index contributed by atoms with van der Waals surface area (Å²) >= 11 is 0. The number of likely N-dealkylation sites (tertiary alicyclic amines) is 1. The van der Waals surface area contributed by atoms with E-state index >= 15 is 0 Å². The number of piperidine rings is 1. The SMILES string of the molecule is CC[C@H](NC(=O)CC1CCN(C(C)C)CC1)c1ncc(C)[nH]1. The maximum absolute atomic E-state index is 12.3. The van der Waals surface area contributed by atoms with Crippen molar-refractivity contribution >= 4 is 5.91 Å². The first-order chi connectivity index (χ1) is 10.5. The number of aromatic nitrogens is 2. The Morgan fingerprint density at radius 2 is 2.14 bits per heavy atom. The van der Waals surface area contributed by atoms with Crippen LogP contribution in [0.2, 0.25) is 0 Å². The van der Waals surface area contributed by atoms with E-state index in [1.165, 1.54) is 0 Å². The number of rotatable bonds is 6. The summed E-state index contributed by atoms with van der Waals surface area (Å²) in [7, 11) is 0. The van der Waals surface area contributed by atoms with Gasteiger partial charge < -0.3 is 15.2 Å². The molecule has 1 atom stereocenters. The lowest BCUT2D eigenvalue weighted by molar-refractivity contribution is -0.123. The van der Waals surface area contributed by atoms with Gasteiger partial charge in [-0.25, -0.2) is 4.98 Å². The third-order valence-electron chi connectivity index (χ3n) is 4.65. The standard InChI is InChI=1S/C17H30N4O/c1-5-15(17-18-11-13(4)19-17)20-16(22)10-14-6-8-21(9-7-14)12(2)3/h11-12,14-15H,5-10H2,1-4H3,(H,18,19)(H,20,22)/t15-/m0/s1. The number of imidazole rings is 1. The largest absolute Gasteiger partial charge is 0.346 e. The molecule has 0 aliphatic carbocycles. The Bertz CT molecular complexity index is 475. The zero-order chi connectivity index (χ0) is 16.1. The monoisotopic (exact) mass is 306 g/mol. The number of carbonyl (C=O) groups is 1. The van der Waals surface area contributed by atoms with E-state index in [4.69, 9.17) is 0 Å². The third kappa shape index (κ3) is 4.57. The van der Waals surface area contributed by atoms with Gasteiger partial charge in [-0.3, -0.25) is 4.79 Å². The lowest BCUT2D eigenvalue weighted by Gasteiger charge is -2.34. The fraction of sp³-hybridized carbons (Fsp3) is 0.765. The lowest BCUT2D eigenvalue weighted by Crippen LogP contribution is -2.40. The van der Waals surface area contributed by atoms with Crippen LogP contribution in [0.3, 0.4) is 0 Å². The van der Waals surface area contributed by atoms with Crippen molar-refractivity contribution in [2.75, 3.05) is 13.1 Å². The highest BCUT2D eigenvalue weighted by Gasteiger charge is 2.24. The molecule has 5 nitrogen and oxygen atoms in total. The predicted molar refractivity (Wildman–Crippen MR) is 88.5 cm³/mol. The number of amides is 1. The molecule has 0 aromatic carbocycles. The normalized spacial score (nSPS) is 18.6. The van der Waals surface area contributed by atoms with Gasteiger partial charge in [-0.15, -0.1) is 0 Å². The molecule has 1 fully saturated rings. The van der Waals surface area contributed by atoms with Crippen LogP contribution < -0.4 is 5.32 Å². The van der Waals surface area contributed by atoms with Crippen molar-refractivity contribution in [1.29, 1.82) is 0 Å². The minimum atomic E-state index is -0.00282. The summed E-state index contributed by atoms with van der Waals surface area (Å²) in [6.45, 7) is 10.8. The van der Waals surface area contributed by atoms with Crippen LogP contribution >= 0.6 is 0 Å². The van der Waals surface area contributed by atoms with Gasteiger partial charge >= 0.3 is 0 Å². The van der Waals surface area contributed by atoms with Gasteiger partial charge in [0.15, 0.2) is 0 Å². The fourth-order valence-electron chi connectivity index (χ4n) is 3.16. The van der Waals surface area contributed by atoms with Crippen LogP contribution in [0.5, 0.6) is 0 Å². The number of H-pyrrole nitrogens is 1. The minimum Gasteiger partial charge on any atom is -0.346 e. The topological polar surface area (TPSA) is 61.0 Å². The van der Waals surface area contributed by atoms with E-state index < -0.39 is 0 Å². The first-order valence-electron chi connectivity index (χ1n) is 8.54. The second-order valence-electron chi connectivity index (χ2n) is 6.76.